The van der Waals surface area contributed by atoms with Crippen LogP contribution in [0.25, 0.3) is 10.6 Å². The molecule has 0 radical (unpaired) electrons. The van der Waals surface area contributed by atoms with Crippen LogP contribution in [0.2, 0.25) is 10.0 Å². The summed E-state index contributed by atoms with van der Waals surface area (Å²) in [6.45, 7) is 4.30. The molecule has 23 heavy (non-hydrogen) atoms. The van der Waals surface area contributed by atoms with E-state index >= 15 is 0 Å². The molecule has 0 aliphatic rings. The molecule has 0 N–H and O–H groups in total. The van der Waals surface area contributed by atoms with Gasteiger partial charge >= 0.3 is 0 Å². The van der Waals surface area contributed by atoms with Gasteiger partial charge in [-0.3, -0.25) is 0 Å². The first-order chi connectivity index (χ1) is 10.9. The second kappa shape index (κ2) is 7.09. The minimum atomic E-state index is 0.639. The lowest BCUT2D eigenvalue weighted by Gasteiger charge is -2.07. The number of hydrogen-bond donors (Lipinski definition) is 0. The molecular formula is C18H14Cl2INS. The minimum absolute atomic E-state index is 0.639. The van der Waals surface area contributed by atoms with Crippen molar-refractivity contribution < 1.29 is 0 Å². The normalized spacial score (nSPS) is 11.0. The lowest BCUT2D eigenvalue weighted by Crippen LogP contribution is -1.95. The van der Waals surface area contributed by atoms with Gasteiger partial charge in [0.25, 0.3) is 0 Å². The molecule has 0 fully saturated rings. The van der Waals surface area contributed by atoms with Gasteiger partial charge in [-0.1, -0.05) is 29.3 Å². The van der Waals surface area contributed by atoms with Gasteiger partial charge in [0.1, 0.15) is 5.01 Å². The predicted octanol–water partition coefficient (Wildman–Crippen LogP) is 6.93. The highest BCUT2D eigenvalue weighted by Gasteiger charge is 2.11. The number of hydrogen-bond acceptors (Lipinski definition) is 2. The summed E-state index contributed by atoms with van der Waals surface area (Å²) in [5, 5.41) is 4.31. The molecule has 0 aliphatic carbocycles. The van der Waals surface area contributed by atoms with Gasteiger partial charge in [-0.15, -0.1) is 11.3 Å². The topological polar surface area (TPSA) is 12.9 Å². The third-order valence-electron chi connectivity index (χ3n) is 3.70. The molecule has 0 bridgehead atoms. The average Bonchev–Trinajstić information content (AvgIpc) is 2.93. The van der Waals surface area contributed by atoms with Crippen molar-refractivity contribution in [1.29, 1.82) is 0 Å². The zero-order valence-corrected chi connectivity index (χ0v) is 17.1. The van der Waals surface area contributed by atoms with Crippen molar-refractivity contribution in [2.45, 2.75) is 20.3 Å². The molecule has 3 aromatic rings. The van der Waals surface area contributed by atoms with E-state index in [0.29, 0.717) is 10.0 Å². The largest absolute Gasteiger partial charge is 0.241 e. The third kappa shape index (κ3) is 3.90. The Morgan fingerprint density at radius 1 is 1.09 bits per heavy atom. The SMILES string of the molecule is Cc1cc(Cc2csc(-c3ccc(Cl)cc3Cl)n2)c(C)cc1I. The van der Waals surface area contributed by atoms with Crippen LogP contribution in [0.5, 0.6) is 0 Å². The maximum absolute atomic E-state index is 6.28. The van der Waals surface area contributed by atoms with Crippen molar-refractivity contribution in [3.8, 4) is 10.6 Å². The van der Waals surface area contributed by atoms with E-state index in [9.17, 15) is 0 Å². The van der Waals surface area contributed by atoms with Crippen LogP contribution in [0.15, 0.2) is 35.7 Å². The van der Waals surface area contributed by atoms with Crippen molar-refractivity contribution in [3.63, 3.8) is 0 Å². The smallest absolute Gasteiger partial charge is 0.125 e. The van der Waals surface area contributed by atoms with E-state index in [2.05, 4.69) is 54.0 Å². The summed E-state index contributed by atoms with van der Waals surface area (Å²) in [6.07, 6.45) is 0.839. The van der Waals surface area contributed by atoms with E-state index in [1.807, 2.05) is 12.1 Å². The molecule has 0 aliphatic heterocycles. The van der Waals surface area contributed by atoms with Gasteiger partial charge in [-0.05, 0) is 77.4 Å². The van der Waals surface area contributed by atoms with Crippen LogP contribution in [0.1, 0.15) is 22.4 Å². The summed E-state index contributed by atoms with van der Waals surface area (Å²) in [7, 11) is 0. The quantitative estimate of drug-likeness (QED) is 0.376. The molecule has 0 amide bonds. The molecule has 5 heteroatoms. The highest BCUT2D eigenvalue weighted by Crippen LogP contribution is 2.33. The number of nitrogens with zero attached hydrogens (tertiary/aromatic N) is 1. The second-order valence-corrected chi connectivity index (χ2v) is 8.34. The van der Waals surface area contributed by atoms with Crippen LogP contribution in [-0.4, -0.2) is 4.98 Å². The van der Waals surface area contributed by atoms with Crippen LogP contribution in [0.3, 0.4) is 0 Å². The van der Waals surface area contributed by atoms with E-state index in [0.717, 1.165) is 22.7 Å². The first-order valence-corrected chi connectivity index (χ1v) is 9.81. The van der Waals surface area contributed by atoms with E-state index < -0.39 is 0 Å². The molecular weight excluding hydrogens is 460 g/mol. The molecule has 1 nitrogen and oxygen atoms in total. The zero-order valence-electron chi connectivity index (χ0n) is 12.7. The van der Waals surface area contributed by atoms with Crippen molar-refractivity contribution in [1.82, 2.24) is 4.98 Å². The van der Waals surface area contributed by atoms with Crippen molar-refractivity contribution in [2.24, 2.45) is 0 Å². The first-order valence-electron chi connectivity index (χ1n) is 7.09. The van der Waals surface area contributed by atoms with E-state index in [-0.39, 0.29) is 0 Å². The van der Waals surface area contributed by atoms with Gasteiger partial charge in [0.15, 0.2) is 0 Å². The van der Waals surface area contributed by atoms with Crippen LogP contribution in [0, 0.1) is 17.4 Å². The number of benzene rings is 2. The summed E-state index contributed by atoms with van der Waals surface area (Å²) in [4.78, 5) is 4.75. The third-order valence-corrected chi connectivity index (χ3v) is 6.34. The molecule has 118 valence electrons. The Morgan fingerprint density at radius 3 is 2.61 bits per heavy atom. The Labute approximate surface area is 163 Å². The Hall–Kier alpha value is -0.620. The molecule has 0 atom stereocenters. The number of thiazole rings is 1. The molecule has 1 aromatic heterocycles. The molecule has 0 saturated carbocycles. The van der Waals surface area contributed by atoms with Crippen LogP contribution < -0.4 is 0 Å². The summed E-state index contributed by atoms with van der Waals surface area (Å²) in [5.41, 5.74) is 5.94. The fourth-order valence-electron chi connectivity index (χ4n) is 2.40. The molecule has 2 aromatic carbocycles. The average molecular weight is 474 g/mol. The Kier molecular flexibility index (Phi) is 5.31. The molecule has 0 unspecified atom stereocenters. The summed E-state index contributed by atoms with van der Waals surface area (Å²) < 4.78 is 1.30. The van der Waals surface area contributed by atoms with Crippen molar-refractivity contribution in [3.05, 3.63) is 71.7 Å². The van der Waals surface area contributed by atoms with Crippen molar-refractivity contribution in [2.75, 3.05) is 0 Å². The van der Waals surface area contributed by atoms with Gasteiger partial charge in [0.2, 0.25) is 0 Å². The maximum Gasteiger partial charge on any atom is 0.125 e. The number of aryl methyl sites for hydroxylation is 2. The number of rotatable bonds is 3. The zero-order chi connectivity index (χ0) is 16.6. The second-order valence-electron chi connectivity index (χ2n) is 5.47. The summed E-state index contributed by atoms with van der Waals surface area (Å²) in [6, 6.07) is 10.0. The van der Waals surface area contributed by atoms with E-state index in [4.69, 9.17) is 28.2 Å². The van der Waals surface area contributed by atoms with Gasteiger partial charge < -0.3 is 0 Å². The fourth-order valence-corrected chi connectivity index (χ4v) is 4.44. The van der Waals surface area contributed by atoms with Crippen LogP contribution >= 0.6 is 57.1 Å². The predicted molar refractivity (Wildman–Crippen MR) is 109 cm³/mol. The monoisotopic (exact) mass is 473 g/mol. The van der Waals surface area contributed by atoms with E-state index in [1.54, 1.807) is 17.4 Å². The standard InChI is InChI=1S/C18H14Cl2INS/c1-10-6-17(21)11(2)5-12(10)7-14-9-23-18(22-14)15-4-3-13(19)8-16(15)20/h3-6,8-9H,7H2,1-2H3. The molecule has 1 heterocycles. The van der Waals surface area contributed by atoms with Crippen LogP contribution in [0.4, 0.5) is 0 Å². The van der Waals surface area contributed by atoms with Crippen LogP contribution in [-0.2, 0) is 6.42 Å². The van der Waals surface area contributed by atoms with Gasteiger partial charge in [0, 0.05) is 26.0 Å². The Morgan fingerprint density at radius 2 is 1.87 bits per heavy atom. The summed E-state index contributed by atoms with van der Waals surface area (Å²) in [5.74, 6) is 0. The van der Waals surface area contributed by atoms with Gasteiger partial charge in [-0.2, -0.15) is 0 Å². The minimum Gasteiger partial charge on any atom is -0.241 e. The van der Waals surface area contributed by atoms with Crippen molar-refractivity contribution >= 4 is 57.1 Å². The molecule has 3 rings (SSSR count). The van der Waals surface area contributed by atoms with Gasteiger partial charge in [0.05, 0.1) is 10.7 Å². The van der Waals surface area contributed by atoms with E-state index in [1.165, 1.54) is 20.3 Å². The number of halogens is 3. The Bertz CT molecular complexity index is 873. The first kappa shape index (κ1) is 17.2. The highest BCUT2D eigenvalue weighted by molar-refractivity contribution is 14.1. The summed E-state index contributed by atoms with van der Waals surface area (Å²) >= 11 is 16.2. The maximum atomic E-state index is 6.28. The Balaban J connectivity index is 1.89. The number of aromatic nitrogens is 1. The molecule has 0 saturated heterocycles. The lowest BCUT2D eigenvalue weighted by atomic mass is 10.0. The van der Waals surface area contributed by atoms with Gasteiger partial charge in [-0.25, -0.2) is 4.98 Å². The fraction of sp³-hybridized carbons (Fsp3) is 0.167. The highest BCUT2D eigenvalue weighted by atomic mass is 127. The molecule has 0 spiro atoms. The lowest BCUT2D eigenvalue weighted by molar-refractivity contribution is 1.08.